The average molecular weight is 290 g/mol. The van der Waals surface area contributed by atoms with Crippen molar-refractivity contribution in [2.24, 2.45) is 0 Å². The molecule has 0 saturated heterocycles. The molecule has 1 aromatic rings. The van der Waals surface area contributed by atoms with E-state index in [0.717, 1.165) is 26.1 Å². The van der Waals surface area contributed by atoms with Gasteiger partial charge >= 0.3 is 0 Å². The number of methoxy groups -OCH3 is 1. The lowest BCUT2D eigenvalue weighted by Gasteiger charge is -2.37. The van der Waals surface area contributed by atoms with Gasteiger partial charge in [0, 0.05) is 25.2 Å². The number of nitrogens with one attached hydrogen (secondary N) is 1. The van der Waals surface area contributed by atoms with Gasteiger partial charge in [-0.3, -0.25) is 4.90 Å². The van der Waals surface area contributed by atoms with Crippen molar-refractivity contribution in [3.63, 3.8) is 0 Å². The summed E-state index contributed by atoms with van der Waals surface area (Å²) < 4.78 is 5.38. The van der Waals surface area contributed by atoms with Crippen LogP contribution in [0.5, 0.6) is 0 Å². The van der Waals surface area contributed by atoms with Crippen LogP contribution in [0.4, 0.5) is 0 Å². The SMILES string of the molecule is CCCNC1c2ccccc2CC1N(CC)C(C)COC. The van der Waals surface area contributed by atoms with Crippen LogP contribution in [-0.4, -0.2) is 43.8 Å². The minimum atomic E-state index is 0.445. The van der Waals surface area contributed by atoms with Crippen LogP contribution >= 0.6 is 0 Å². The third-order valence-corrected chi connectivity index (χ3v) is 4.58. The zero-order chi connectivity index (χ0) is 15.2. The van der Waals surface area contributed by atoms with Gasteiger partial charge in [0.15, 0.2) is 0 Å². The third kappa shape index (κ3) is 3.65. The lowest BCUT2D eigenvalue weighted by atomic mass is 10.0. The van der Waals surface area contributed by atoms with Crippen molar-refractivity contribution in [3.8, 4) is 0 Å². The Morgan fingerprint density at radius 3 is 2.76 bits per heavy atom. The van der Waals surface area contributed by atoms with Crippen LogP contribution in [-0.2, 0) is 11.2 Å². The first-order chi connectivity index (χ1) is 10.2. The highest BCUT2D eigenvalue weighted by Crippen LogP contribution is 2.35. The van der Waals surface area contributed by atoms with Gasteiger partial charge in [-0.05, 0) is 44.0 Å². The number of ether oxygens (including phenoxy) is 1. The number of likely N-dealkylation sites (N-methyl/N-ethyl adjacent to an activating group) is 1. The molecule has 0 heterocycles. The zero-order valence-corrected chi connectivity index (χ0v) is 13.9. The summed E-state index contributed by atoms with van der Waals surface area (Å²) in [5.41, 5.74) is 2.98. The fraction of sp³-hybridized carbons (Fsp3) is 0.667. The summed E-state index contributed by atoms with van der Waals surface area (Å²) in [5, 5.41) is 3.77. The van der Waals surface area contributed by atoms with Gasteiger partial charge in [0.1, 0.15) is 0 Å². The van der Waals surface area contributed by atoms with Crippen LogP contribution in [0.25, 0.3) is 0 Å². The minimum Gasteiger partial charge on any atom is -0.383 e. The van der Waals surface area contributed by atoms with E-state index in [1.807, 2.05) is 0 Å². The molecule has 0 spiro atoms. The molecule has 1 aliphatic carbocycles. The third-order valence-electron chi connectivity index (χ3n) is 4.58. The molecule has 3 heteroatoms. The number of rotatable bonds is 8. The van der Waals surface area contributed by atoms with Crippen LogP contribution in [0.15, 0.2) is 24.3 Å². The molecule has 0 saturated carbocycles. The predicted octanol–water partition coefficient (Wildman–Crippen LogP) is 3.01. The molecule has 0 aromatic heterocycles. The van der Waals surface area contributed by atoms with E-state index in [0.29, 0.717) is 18.1 Å². The highest BCUT2D eigenvalue weighted by atomic mass is 16.5. The molecular weight excluding hydrogens is 260 g/mol. The van der Waals surface area contributed by atoms with E-state index in [4.69, 9.17) is 4.74 Å². The van der Waals surface area contributed by atoms with Crippen molar-refractivity contribution < 1.29 is 4.74 Å². The number of nitrogens with zero attached hydrogens (tertiary/aromatic N) is 1. The molecular formula is C18H30N2O. The molecule has 1 N–H and O–H groups in total. The quantitative estimate of drug-likeness (QED) is 0.796. The maximum Gasteiger partial charge on any atom is 0.0615 e. The van der Waals surface area contributed by atoms with E-state index < -0.39 is 0 Å². The lowest BCUT2D eigenvalue weighted by molar-refractivity contribution is 0.0630. The normalized spacial score (nSPS) is 22.5. The van der Waals surface area contributed by atoms with Crippen molar-refractivity contribution in [1.29, 1.82) is 0 Å². The van der Waals surface area contributed by atoms with Crippen molar-refractivity contribution in [1.82, 2.24) is 10.2 Å². The Morgan fingerprint density at radius 1 is 1.33 bits per heavy atom. The molecule has 118 valence electrons. The van der Waals surface area contributed by atoms with E-state index in [1.54, 1.807) is 7.11 Å². The smallest absolute Gasteiger partial charge is 0.0615 e. The van der Waals surface area contributed by atoms with Crippen LogP contribution in [0.3, 0.4) is 0 Å². The number of hydrogen-bond acceptors (Lipinski definition) is 3. The van der Waals surface area contributed by atoms with Gasteiger partial charge in [-0.25, -0.2) is 0 Å². The van der Waals surface area contributed by atoms with Crippen molar-refractivity contribution in [2.45, 2.75) is 51.7 Å². The van der Waals surface area contributed by atoms with Crippen LogP contribution in [0.2, 0.25) is 0 Å². The van der Waals surface area contributed by atoms with Gasteiger partial charge in [-0.1, -0.05) is 38.1 Å². The summed E-state index contributed by atoms with van der Waals surface area (Å²) in [7, 11) is 1.79. The molecule has 0 bridgehead atoms. The molecule has 0 aliphatic heterocycles. The fourth-order valence-electron chi connectivity index (χ4n) is 3.64. The van der Waals surface area contributed by atoms with Gasteiger partial charge in [0.05, 0.1) is 6.61 Å². The first-order valence-corrected chi connectivity index (χ1v) is 8.28. The van der Waals surface area contributed by atoms with Gasteiger partial charge in [-0.2, -0.15) is 0 Å². The van der Waals surface area contributed by atoms with Gasteiger partial charge in [-0.15, -0.1) is 0 Å². The molecule has 0 radical (unpaired) electrons. The first kappa shape index (κ1) is 16.5. The van der Waals surface area contributed by atoms with Crippen LogP contribution < -0.4 is 5.32 Å². The van der Waals surface area contributed by atoms with E-state index >= 15 is 0 Å². The molecule has 0 amide bonds. The summed E-state index contributed by atoms with van der Waals surface area (Å²) in [4.78, 5) is 2.59. The molecule has 3 unspecified atom stereocenters. The molecule has 2 rings (SSSR count). The van der Waals surface area contributed by atoms with Crippen LogP contribution in [0.1, 0.15) is 44.4 Å². The minimum absolute atomic E-state index is 0.445. The van der Waals surface area contributed by atoms with E-state index in [9.17, 15) is 0 Å². The number of benzene rings is 1. The molecule has 21 heavy (non-hydrogen) atoms. The molecule has 3 atom stereocenters. The molecule has 3 nitrogen and oxygen atoms in total. The van der Waals surface area contributed by atoms with E-state index in [-0.39, 0.29) is 0 Å². The molecule has 1 aromatic carbocycles. The summed E-state index contributed by atoms with van der Waals surface area (Å²) in [6.45, 7) is 9.69. The predicted molar refractivity (Wildman–Crippen MR) is 88.7 cm³/mol. The molecule has 0 fully saturated rings. The van der Waals surface area contributed by atoms with Gasteiger partial charge < -0.3 is 10.1 Å². The van der Waals surface area contributed by atoms with Gasteiger partial charge in [0.2, 0.25) is 0 Å². The standard InChI is InChI=1S/C18H30N2O/c1-5-11-19-18-16-10-8-7-9-15(16)12-17(18)20(6-2)14(3)13-21-4/h7-10,14,17-19H,5-6,11-13H2,1-4H3. The van der Waals surface area contributed by atoms with Crippen molar-refractivity contribution >= 4 is 0 Å². The van der Waals surface area contributed by atoms with E-state index in [2.05, 4.69) is 55.3 Å². The Kier molecular flexibility index (Phi) is 6.22. The monoisotopic (exact) mass is 290 g/mol. The molecule has 1 aliphatic rings. The highest BCUT2D eigenvalue weighted by Gasteiger charge is 2.36. The van der Waals surface area contributed by atoms with Crippen LogP contribution in [0, 0.1) is 0 Å². The Morgan fingerprint density at radius 2 is 2.10 bits per heavy atom. The van der Waals surface area contributed by atoms with E-state index in [1.165, 1.54) is 17.5 Å². The highest BCUT2D eigenvalue weighted by molar-refractivity contribution is 5.37. The number of fused-ring (bicyclic) bond motifs is 1. The summed E-state index contributed by atoms with van der Waals surface area (Å²) >= 11 is 0. The summed E-state index contributed by atoms with van der Waals surface area (Å²) in [6, 6.07) is 10.3. The fourth-order valence-corrected chi connectivity index (χ4v) is 3.64. The van der Waals surface area contributed by atoms with Gasteiger partial charge in [0.25, 0.3) is 0 Å². The summed E-state index contributed by atoms with van der Waals surface area (Å²) in [6.07, 6.45) is 2.31. The Balaban J connectivity index is 2.21. The topological polar surface area (TPSA) is 24.5 Å². The zero-order valence-electron chi connectivity index (χ0n) is 13.9. The first-order valence-electron chi connectivity index (χ1n) is 8.28. The second kappa shape index (κ2) is 7.92. The second-order valence-corrected chi connectivity index (χ2v) is 6.04. The lowest BCUT2D eigenvalue weighted by Crippen LogP contribution is -2.48. The second-order valence-electron chi connectivity index (χ2n) is 6.04. The Bertz CT molecular complexity index is 435. The van der Waals surface area contributed by atoms with Crippen molar-refractivity contribution in [3.05, 3.63) is 35.4 Å². The average Bonchev–Trinajstić information content (AvgIpc) is 2.84. The maximum atomic E-state index is 5.38. The van der Waals surface area contributed by atoms with Crippen molar-refractivity contribution in [2.75, 3.05) is 26.8 Å². The Labute approximate surface area is 129 Å². The maximum absolute atomic E-state index is 5.38. The number of hydrogen-bond donors (Lipinski definition) is 1. The summed E-state index contributed by atoms with van der Waals surface area (Å²) in [5.74, 6) is 0. The largest absolute Gasteiger partial charge is 0.383 e. The Hall–Kier alpha value is -0.900.